The van der Waals surface area contributed by atoms with Gasteiger partial charge < -0.3 is 10.3 Å². The van der Waals surface area contributed by atoms with E-state index in [1.807, 2.05) is 30.5 Å². The topological polar surface area (TPSA) is 44.9 Å². The maximum absolute atomic E-state index is 12.3. The van der Waals surface area contributed by atoms with E-state index in [2.05, 4.69) is 17.2 Å². The van der Waals surface area contributed by atoms with Crippen LogP contribution in [-0.4, -0.2) is 17.4 Å². The molecule has 3 rings (SSSR count). The van der Waals surface area contributed by atoms with Crippen molar-refractivity contribution in [2.45, 2.75) is 32.6 Å². The molecule has 1 saturated carbocycles. The molecule has 1 aliphatic carbocycles. The third kappa shape index (κ3) is 2.37. The first kappa shape index (κ1) is 12.3. The maximum Gasteiger partial charge on any atom is 0.253 e. The van der Waals surface area contributed by atoms with E-state index in [4.69, 9.17) is 0 Å². The number of amides is 1. The van der Waals surface area contributed by atoms with E-state index in [0.29, 0.717) is 5.41 Å². The van der Waals surface area contributed by atoms with E-state index in [0.717, 1.165) is 23.0 Å². The molecule has 100 valence electrons. The van der Waals surface area contributed by atoms with E-state index in [1.54, 1.807) is 0 Å². The van der Waals surface area contributed by atoms with Gasteiger partial charge in [0.05, 0.1) is 11.1 Å². The number of H-pyrrole nitrogens is 1. The van der Waals surface area contributed by atoms with Crippen LogP contribution in [0.15, 0.2) is 30.5 Å². The Kier molecular flexibility index (Phi) is 3.05. The van der Waals surface area contributed by atoms with Crippen molar-refractivity contribution >= 4 is 16.8 Å². The summed E-state index contributed by atoms with van der Waals surface area (Å²) in [6.07, 6.45) is 6.81. The average Bonchev–Trinajstić information content (AvgIpc) is 3.01. The van der Waals surface area contributed by atoms with Crippen molar-refractivity contribution in [2.24, 2.45) is 5.41 Å². The number of para-hydroxylation sites is 1. The second kappa shape index (κ2) is 4.72. The minimum Gasteiger partial charge on any atom is -0.361 e. The number of aromatic amines is 1. The van der Waals surface area contributed by atoms with Crippen molar-refractivity contribution in [2.75, 3.05) is 6.54 Å². The van der Waals surface area contributed by atoms with Crippen LogP contribution in [0.1, 0.15) is 43.0 Å². The minimum absolute atomic E-state index is 0.0374. The van der Waals surface area contributed by atoms with Gasteiger partial charge in [-0.05, 0) is 36.8 Å². The zero-order valence-electron chi connectivity index (χ0n) is 11.3. The van der Waals surface area contributed by atoms with Crippen LogP contribution in [0.2, 0.25) is 0 Å². The van der Waals surface area contributed by atoms with E-state index in [1.165, 1.54) is 25.7 Å². The lowest BCUT2D eigenvalue weighted by atomic mass is 10.0. The first-order valence-electron chi connectivity index (χ1n) is 7.08. The molecule has 1 aliphatic rings. The Morgan fingerprint density at radius 2 is 2.21 bits per heavy atom. The summed E-state index contributed by atoms with van der Waals surface area (Å²) < 4.78 is 0. The molecule has 1 aromatic heterocycles. The van der Waals surface area contributed by atoms with E-state index >= 15 is 0 Å². The summed E-state index contributed by atoms with van der Waals surface area (Å²) in [5.74, 6) is 0.0374. The summed E-state index contributed by atoms with van der Waals surface area (Å²) in [6.45, 7) is 3.03. The molecule has 1 amide bonds. The van der Waals surface area contributed by atoms with Crippen molar-refractivity contribution in [1.82, 2.24) is 10.3 Å². The van der Waals surface area contributed by atoms with Gasteiger partial charge in [-0.2, -0.15) is 0 Å². The summed E-state index contributed by atoms with van der Waals surface area (Å²) in [7, 11) is 0. The summed E-state index contributed by atoms with van der Waals surface area (Å²) in [4.78, 5) is 15.5. The average molecular weight is 256 g/mol. The number of hydrogen-bond acceptors (Lipinski definition) is 1. The fourth-order valence-corrected chi connectivity index (χ4v) is 2.86. The van der Waals surface area contributed by atoms with Crippen molar-refractivity contribution in [1.29, 1.82) is 0 Å². The van der Waals surface area contributed by atoms with Crippen molar-refractivity contribution in [3.05, 3.63) is 36.0 Å². The lowest BCUT2D eigenvalue weighted by Gasteiger charge is -2.15. The Balaban J connectivity index is 1.72. The second-order valence-corrected chi connectivity index (χ2v) is 5.68. The summed E-state index contributed by atoms with van der Waals surface area (Å²) in [6, 6.07) is 7.82. The molecule has 2 aromatic rings. The van der Waals surface area contributed by atoms with Crippen LogP contribution in [0.25, 0.3) is 10.9 Å². The predicted octanol–water partition coefficient (Wildman–Crippen LogP) is 3.48. The van der Waals surface area contributed by atoms with Crippen molar-refractivity contribution in [3.8, 4) is 0 Å². The van der Waals surface area contributed by atoms with E-state index in [-0.39, 0.29) is 5.91 Å². The Morgan fingerprint density at radius 3 is 2.95 bits per heavy atom. The van der Waals surface area contributed by atoms with Crippen LogP contribution in [0.3, 0.4) is 0 Å². The normalized spacial score (nSPS) is 16.5. The highest BCUT2D eigenvalue weighted by Crippen LogP contribution is 2.48. The molecule has 1 aromatic carbocycles. The van der Waals surface area contributed by atoms with Gasteiger partial charge in [0.15, 0.2) is 0 Å². The number of benzene rings is 1. The number of fused-ring (bicyclic) bond motifs is 1. The van der Waals surface area contributed by atoms with Gasteiger partial charge in [-0.15, -0.1) is 0 Å². The molecule has 0 aliphatic heterocycles. The highest BCUT2D eigenvalue weighted by molar-refractivity contribution is 6.05. The van der Waals surface area contributed by atoms with E-state index < -0.39 is 0 Å². The smallest absolute Gasteiger partial charge is 0.253 e. The summed E-state index contributed by atoms with van der Waals surface area (Å²) in [5, 5.41) is 4.20. The Hall–Kier alpha value is -1.77. The van der Waals surface area contributed by atoms with Gasteiger partial charge in [0, 0.05) is 18.1 Å². The van der Waals surface area contributed by atoms with Crippen LogP contribution >= 0.6 is 0 Å². The van der Waals surface area contributed by atoms with Gasteiger partial charge in [0.1, 0.15) is 0 Å². The molecule has 1 fully saturated rings. The molecule has 0 bridgehead atoms. The van der Waals surface area contributed by atoms with Crippen molar-refractivity contribution in [3.63, 3.8) is 0 Å². The van der Waals surface area contributed by atoms with Crippen LogP contribution < -0.4 is 5.32 Å². The van der Waals surface area contributed by atoms with Gasteiger partial charge in [-0.25, -0.2) is 0 Å². The van der Waals surface area contributed by atoms with E-state index in [9.17, 15) is 4.79 Å². The number of hydrogen-bond donors (Lipinski definition) is 2. The lowest BCUT2D eigenvalue weighted by Crippen LogP contribution is -2.30. The highest BCUT2D eigenvalue weighted by Gasteiger charge is 2.41. The lowest BCUT2D eigenvalue weighted by molar-refractivity contribution is 0.0945. The third-order valence-corrected chi connectivity index (χ3v) is 4.19. The van der Waals surface area contributed by atoms with Crippen LogP contribution in [0, 0.1) is 5.41 Å². The number of carbonyl (C=O) groups excluding carboxylic acids is 1. The van der Waals surface area contributed by atoms with Gasteiger partial charge in [-0.1, -0.05) is 25.5 Å². The Bertz CT molecular complexity index is 596. The number of rotatable bonds is 5. The molecule has 3 heteroatoms. The molecule has 2 N–H and O–H groups in total. The molecular weight excluding hydrogens is 236 g/mol. The van der Waals surface area contributed by atoms with Gasteiger partial charge in [0.2, 0.25) is 0 Å². The van der Waals surface area contributed by atoms with Gasteiger partial charge in [0.25, 0.3) is 5.91 Å². The van der Waals surface area contributed by atoms with Crippen LogP contribution in [0.4, 0.5) is 0 Å². The Labute approximate surface area is 113 Å². The molecule has 0 radical (unpaired) electrons. The number of nitrogens with one attached hydrogen (secondary N) is 2. The molecule has 3 nitrogen and oxygen atoms in total. The van der Waals surface area contributed by atoms with Crippen LogP contribution in [0.5, 0.6) is 0 Å². The standard InChI is InChI=1S/C16H20N2O/c1-2-7-16(8-9-16)11-18-15(19)13-5-3-4-12-6-10-17-14(12)13/h3-6,10,17H,2,7-9,11H2,1H3,(H,18,19). The first-order valence-corrected chi connectivity index (χ1v) is 7.08. The maximum atomic E-state index is 12.3. The quantitative estimate of drug-likeness (QED) is 0.845. The monoisotopic (exact) mass is 256 g/mol. The fraction of sp³-hybridized carbons (Fsp3) is 0.438. The zero-order valence-corrected chi connectivity index (χ0v) is 11.3. The molecule has 0 unspecified atom stereocenters. The molecular formula is C16H20N2O. The fourth-order valence-electron chi connectivity index (χ4n) is 2.86. The SMILES string of the molecule is CCCC1(CNC(=O)c2cccc3cc[nH]c23)CC1. The second-order valence-electron chi connectivity index (χ2n) is 5.68. The summed E-state index contributed by atoms with van der Waals surface area (Å²) in [5.41, 5.74) is 2.07. The largest absolute Gasteiger partial charge is 0.361 e. The van der Waals surface area contributed by atoms with Crippen molar-refractivity contribution < 1.29 is 4.79 Å². The third-order valence-electron chi connectivity index (χ3n) is 4.19. The van der Waals surface area contributed by atoms with Gasteiger partial charge >= 0.3 is 0 Å². The molecule has 0 atom stereocenters. The molecule has 19 heavy (non-hydrogen) atoms. The first-order chi connectivity index (χ1) is 9.24. The van der Waals surface area contributed by atoms with Gasteiger partial charge in [-0.3, -0.25) is 4.79 Å². The minimum atomic E-state index is 0.0374. The summed E-state index contributed by atoms with van der Waals surface area (Å²) >= 11 is 0. The number of carbonyl (C=O) groups is 1. The number of aromatic nitrogens is 1. The molecule has 0 spiro atoms. The highest BCUT2D eigenvalue weighted by atomic mass is 16.1. The molecule has 0 saturated heterocycles. The van der Waals surface area contributed by atoms with Crippen LogP contribution in [-0.2, 0) is 0 Å². The zero-order chi connectivity index (χ0) is 13.3. The Morgan fingerprint density at radius 1 is 1.37 bits per heavy atom. The predicted molar refractivity (Wildman–Crippen MR) is 77.2 cm³/mol. The molecule has 1 heterocycles.